The summed E-state index contributed by atoms with van der Waals surface area (Å²) in [5, 5.41) is 22.1. The van der Waals surface area contributed by atoms with Gasteiger partial charge in [-0.3, -0.25) is 0 Å². The van der Waals surface area contributed by atoms with Crippen molar-refractivity contribution in [2.45, 2.75) is 32.4 Å². The van der Waals surface area contributed by atoms with E-state index < -0.39 is 12.1 Å². The number of carboxylic acids is 1. The fraction of sp³-hybridized carbons (Fsp3) is 0.348. The predicted octanol–water partition coefficient (Wildman–Crippen LogP) is 3.36. The van der Waals surface area contributed by atoms with Gasteiger partial charge in [-0.1, -0.05) is 36.4 Å². The lowest BCUT2D eigenvalue weighted by Crippen LogP contribution is -2.36. The van der Waals surface area contributed by atoms with Gasteiger partial charge in [0.05, 0.1) is 0 Å². The number of benzene rings is 2. The van der Waals surface area contributed by atoms with Crippen molar-refractivity contribution in [1.82, 2.24) is 5.32 Å². The molecule has 0 aromatic heterocycles. The van der Waals surface area contributed by atoms with Crippen LogP contribution in [-0.2, 0) is 4.79 Å². The van der Waals surface area contributed by atoms with Crippen LogP contribution in [0.4, 0.5) is 0 Å². The Bertz CT molecular complexity index is 774. The molecule has 3 N–H and O–H groups in total. The van der Waals surface area contributed by atoms with Gasteiger partial charge in [0, 0.05) is 12.6 Å². The molecule has 29 heavy (non-hydrogen) atoms. The lowest BCUT2D eigenvalue weighted by molar-refractivity contribution is -0.139. The molecule has 2 aromatic carbocycles. The molecule has 6 nitrogen and oxygen atoms in total. The first-order valence-corrected chi connectivity index (χ1v) is 9.67. The third kappa shape index (κ3) is 8.37. The summed E-state index contributed by atoms with van der Waals surface area (Å²) in [5.41, 5.74) is 2.21. The maximum Gasteiger partial charge on any atom is 0.341 e. The molecule has 0 fully saturated rings. The van der Waals surface area contributed by atoms with E-state index >= 15 is 0 Å². The van der Waals surface area contributed by atoms with Gasteiger partial charge in [-0.15, -0.1) is 0 Å². The first kappa shape index (κ1) is 22.5. The number of carboxylic acid groups (broad SMARTS) is 1. The van der Waals surface area contributed by atoms with Crippen LogP contribution in [0.5, 0.6) is 11.5 Å². The average Bonchev–Trinajstić information content (AvgIpc) is 2.74. The molecule has 156 valence electrons. The lowest BCUT2D eigenvalue weighted by atomic mass is 9.99. The van der Waals surface area contributed by atoms with Crippen LogP contribution in [0.15, 0.2) is 60.7 Å². The highest BCUT2D eigenvalue weighted by molar-refractivity contribution is 5.69. The quantitative estimate of drug-likeness (QED) is 0.507. The minimum Gasteiger partial charge on any atom is -0.491 e. The van der Waals surface area contributed by atoms with Crippen LogP contribution in [0.25, 0.3) is 5.57 Å². The Morgan fingerprint density at radius 1 is 1.07 bits per heavy atom. The summed E-state index contributed by atoms with van der Waals surface area (Å²) in [5.74, 6) is 0.269. The molecule has 0 aliphatic carbocycles. The molecule has 0 bridgehead atoms. The summed E-state index contributed by atoms with van der Waals surface area (Å²) in [6.45, 7) is 4.37. The van der Waals surface area contributed by atoms with Gasteiger partial charge in [0.1, 0.15) is 24.2 Å². The van der Waals surface area contributed by atoms with Crippen molar-refractivity contribution in [2.24, 2.45) is 0 Å². The van der Waals surface area contributed by atoms with Crippen LogP contribution in [0.1, 0.15) is 25.8 Å². The number of aliphatic hydroxyl groups excluding tert-OH is 1. The molecule has 0 saturated carbocycles. The Kier molecular flexibility index (Phi) is 9.21. The Morgan fingerprint density at radius 3 is 2.34 bits per heavy atom. The number of hydrogen-bond acceptors (Lipinski definition) is 5. The Labute approximate surface area is 171 Å². The third-order valence-electron chi connectivity index (χ3n) is 4.35. The molecule has 0 radical (unpaired) electrons. The average molecular weight is 399 g/mol. The van der Waals surface area contributed by atoms with E-state index in [9.17, 15) is 9.90 Å². The highest BCUT2D eigenvalue weighted by Crippen LogP contribution is 2.22. The number of allylic oxidation sites excluding steroid dienone is 1. The first-order chi connectivity index (χ1) is 14.0. The molecule has 0 spiro atoms. The summed E-state index contributed by atoms with van der Waals surface area (Å²) in [4.78, 5) is 10.6. The number of carbonyl (C=O) groups is 1. The molecule has 0 aliphatic rings. The van der Waals surface area contributed by atoms with E-state index in [4.69, 9.17) is 14.6 Å². The normalized spacial score (nSPS) is 13.6. The van der Waals surface area contributed by atoms with E-state index in [1.54, 1.807) is 12.1 Å². The standard InChI is InChI=1S/C23H29NO5/c1-3-18(19-9-11-22(12-10-19)29-16-23(26)27)13-17(2)24-14-20(25)15-28-21-7-5-4-6-8-21/h3-12,17,20,24-25H,13-16H2,1-2H3,(H,26,27)/t17-,20-/m0/s1. The molecule has 0 aliphatic heterocycles. The molecular formula is C23H29NO5. The van der Waals surface area contributed by atoms with Gasteiger partial charge in [-0.2, -0.15) is 0 Å². The second-order valence-corrected chi connectivity index (χ2v) is 6.81. The number of aliphatic hydroxyl groups is 1. The molecule has 2 aromatic rings. The first-order valence-electron chi connectivity index (χ1n) is 9.67. The van der Waals surface area contributed by atoms with Crippen LogP contribution in [0, 0.1) is 0 Å². The number of para-hydroxylation sites is 1. The van der Waals surface area contributed by atoms with Crippen molar-refractivity contribution in [2.75, 3.05) is 19.8 Å². The fourth-order valence-corrected chi connectivity index (χ4v) is 2.82. The zero-order chi connectivity index (χ0) is 21.1. The molecule has 0 heterocycles. The van der Waals surface area contributed by atoms with Crippen molar-refractivity contribution in [1.29, 1.82) is 0 Å². The van der Waals surface area contributed by atoms with Gasteiger partial charge < -0.3 is 25.0 Å². The van der Waals surface area contributed by atoms with Gasteiger partial charge in [0.2, 0.25) is 0 Å². The lowest BCUT2D eigenvalue weighted by Gasteiger charge is -2.19. The van der Waals surface area contributed by atoms with Crippen LogP contribution >= 0.6 is 0 Å². The summed E-state index contributed by atoms with van der Waals surface area (Å²) < 4.78 is 10.7. The van der Waals surface area contributed by atoms with Crippen molar-refractivity contribution in [3.05, 3.63) is 66.2 Å². The van der Waals surface area contributed by atoms with E-state index in [1.807, 2.05) is 49.4 Å². The third-order valence-corrected chi connectivity index (χ3v) is 4.35. The summed E-state index contributed by atoms with van der Waals surface area (Å²) in [7, 11) is 0. The number of rotatable bonds is 12. The van der Waals surface area contributed by atoms with Crippen LogP contribution < -0.4 is 14.8 Å². The van der Waals surface area contributed by atoms with Crippen LogP contribution in [-0.4, -0.2) is 48.1 Å². The fourth-order valence-electron chi connectivity index (χ4n) is 2.82. The summed E-state index contributed by atoms with van der Waals surface area (Å²) >= 11 is 0. The topological polar surface area (TPSA) is 88.0 Å². The minimum atomic E-state index is -1.00. The maximum atomic E-state index is 10.6. The van der Waals surface area contributed by atoms with Crippen molar-refractivity contribution in [3.8, 4) is 11.5 Å². The second-order valence-electron chi connectivity index (χ2n) is 6.81. The maximum absolute atomic E-state index is 10.6. The monoisotopic (exact) mass is 399 g/mol. The summed E-state index contributed by atoms with van der Waals surface area (Å²) in [6.07, 6.45) is 2.25. The largest absolute Gasteiger partial charge is 0.491 e. The zero-order valence-electron chi connectivity index (χ0n) is 16.9. The Morgan fingerprint density at radius 2 is 1.72 bits per heavy atom. The molecule has 0 unspecified atom stereocenters. The smallest absolute Gasteiger partial charge is 0.341 e. The van der Waals surface area contributed by atoms with E-state index in [1.165, 1.54) is 0 Å². The van der Waals surface area contributed by atoms with E-state index in [-0.39, 0.29) is 19.3 Å². The van der Waals surface area contributed by atoms with Crippen molar-refractivity contribution < 1.29 is 24.5 Å². The Hall–Kier alpha value is -2.83. The SMILES string of the molecule is CC=C(C[C@H](C)NC[C@H](O)COc1ccccc1)c1ccc(OCC(=O)O)cc1. The van der Waals surface area contributed by atoms with E-state index in [0.29, 0.717) is 12.3 Å². The van der Waals surface area contributed by atoms with Gasteiger partial charge in [0.25, 0.3) is 0 Å². The molecular weight excluding hydrogens is 370 g/mol. The predicted molar refractivity (Wildman–Crippen MR) is 113 cm³/mol. The van der Waals surface area contributed by atoms with E-state index in [2.05, 4.69) is 18.3 Å². The number of nitrogens with one attached hydrogen (secondary N) is 1. The molecule has 0 saturated heterocycles. The molecule has 6 heteroatoms. The molecule has 0 amide bonds. The highest BCUT2D eigenvalue weighted by Gasteiger charge is 2.11. The summed E-state index contributed by atoms with van der Waals surface area (Å²) in [6, 6.07) is 17.0. The van der Waals surface area contributed by atoms with Crippen molar-refractivity contribution in [3.63, 3.8) is 0 Å². The van der Waals surface area contributed by atoms with Crippen LogP contribution in [0.3, 0.4) is 0 Å². The second kappa shape index (κ2) is 11.9. The van der Waals surface area contributed by atoms with Gasteiger partial charge in [-0.25, -0.2) is 4.79 Å². The highest BCUT2D eigenvalue weighted by atomic mass is 16.5. The molecule has 2 rings (SSSR count). The van der Waals surface area contributed by atoms with Crippen molar-refractivity contribution >= 4 is 11.5 Å². The Balaban J connectivity index is 1.77. The number of hydrogen-bond donors (Lipinski definition) is 3. The van der Waals surface area contributed by atoms with Crippen LogP contribution in [0.2, 0.25) is 0 Å². The number of aliphatic carboxylic acids is 1. The number of ether oxygens (including phenoxy) is 2. The zero-order valence-corrected chi connectivity index (χ0v) is 16.9. The molecule has 2 atom stereocenters. The van der Waals surface area contributed by atoms with Gasteiger partial charge in [0.15, 0.2) is 6.61 Å². The van der Waals surface area contributed by atoms with Gasteiger partial charge in [-0.05, 0) is 55.7 Å². The van der Waals surface area contributed by atoms with Gasteiger partial charge >= 0.3 is 5.97 Å². The van der Waals surface area contributed by atoms with E-state index in [0.717, 1.165) is 23.3 Å². The minimum absolute atomic E-state index is 0.163.